The van der Waals surface area contributed by atoms with Gasteiger partial charge in [0.05, 0.1) is 40.3 Å². The van der Waals surface area contributed by atoms with E-state index in [9.17, 15) is 4.79 Å². The SMILES string of the molecule is CSc1nc2c(ccc3nc(NC(=O)c4cc5ccccc5cc4OCCCN4CCOCC4)sc32)s1. The molecule has 2 aromatic heterocycles. The van der Waals surface area contributed by atoms with Gasteiger partial charge in [-0.3, -0.25) is 15.0 Å². The molecule has 1 amide bonds. The third-order valence-corrected chi connectivity index (χ3v) is 9.36. The summed E-state index contributed by atoms with van der Waals surface area (Å²) in [7, 11) is 0. The first kappa shape index (κ1) is 24.6. The highest BCUT2D eigenvalue weighted by Crippen LogP contribution is 2.37. The molecule has 0 bridgehead atoms. The van der Waals surface area contributed by atoms with Gasteiger partial charge >= 0.3 is 0 Å². The number of anilines is 1. The van der Waals surface area contributed by atoms with Gasteiger partial charge < -0.3 is 9.47 Å². The molecule has 1 N–H and O–H groups in total. The summed E-state index contributed by atoms with van der Waals surface area (Å²) in [6, 6.07) is 15.9. The fourth-order valence-electron chi connectivity index (χ4n) is 4.47. The number of morpholine rings is 1. The molecule has 3 heterocycles. The summed E-state index contributed by atoms with van der Waals surface area (Å²) in [5.41, 5.74) is 2.29. The van der Waals surface area contributed by atoms with Gasteiger partial charge in [0.15, 0.2) is 9.47 Å². The predicted molar refractivity (Wildman–Crippen MR) is 154 cm³/mol. The Labute approximate surface area is 226 Å². The zero-order valence-electron chi connectivity index (χ0n) is 20.4. The summed E-state index contributed by atoms with van der Waals surface area (Å²) >= 11 is 4.76. The van der Waals surface area contributed by atoms with Crippen LogP contribution in [0.2, 0.25) is 0 Å². The lowest BCUT2D eigenvalue weighted by atomic mass is 10.1. The van der Waals surface area contributed by atoms with Gasteiger partial charge in [0, 0.05) is 19.6 Å². The summed E-state index contributed by atoms with van der Waals surface area (Å²) in [6.45, 7) is 4.97. The third kappa shape index (κ3) is 5.30. The normalized spacial score (nSPS) is 14.5. The number of rotatable bonds is 8. The van der Waals surface area contributed by atoms with Crippen LogP contribution in [-0.4, -0.2) is 66.5 Å². The van der Waals surface area contributed by atoms with Crippen LogP contribution in [0.5, 0.6) is 5.75 Å². The molecule has 7 nitrogen and oxygen atoms in total. The van der Waals surface area contributed by atoms with E-state index < -0.39 is 0 Å². The van der Waals surface area contributed by atoms with Gasteiger partial charge in [-0.1, -0.05) is 47.4 Å². The lowest BCUT2D eigenvalue weighted by Crippen LogP contribution is -2.37. The van der Waals surface area contributed by atoms with Crippen LogP contribution in [-0.2, 0) is 4.74 Å². The van der Waals surface area contributed by atoms with Gasteiger partial charge in [-0.15, -0.1) is 11.3 Å². The van der Waals surface area contributed by atoms with E-state index in [1.807, 2.05) is 54.8 Å². The monoisotopic (exact) mass is 550 g/mol. The number of benzene rings is 3. The molecule has 0 aliphatic carbocycles. The number of aromatic nitrogens is 2. The maximum absolute atomic E-state index is 13.5. The minimum absolute atomic E-state index is 0.229. The van der Waals surface area contributed by atoms with Crippen LogP contribution in [0.4, 0.5) is 5.13 Å². The minimum atomic E-state index is -0.229. The molecule has 0 saturated carbocycles. The van der Waals surface area contributed by atoms with Crippen molar-refractivity contribution in [2.75, 3.05) is 51.0 Å². The maximum Gasteiger partial charge on any atom is 0.261 e. The Balaban J connectivity index is 1.23. The average Bonchev–Trinajstić information content (AvgIpc) is 3.54. The molecule has 1 aliphatic rings. The van der Waals surface area contributed by atoms with Gasteiger partial charge in [0.25, 0.3) is 5.91 Å². The van der Waals surface area contributed by atoms with E-state index in [1.165, 1.54) is 11.3 Å². The first-order valence-corrected chi connectivity index (χ1v) is 15.0. The molecule has 1 fully saturated rings. The summed E-state index contributed by atoms with van der Waals surface area (Å²) < 4.78 is 14.7. The molecule has 3 aromatic carbocycles. The number of amides is 1. The Bertz CT molecular complexity index is 1580. The number of fused-ring (bicyclic) bond motifs is 4. The Kier molecular flexibility index (Phi) is 7.25. The number of hydrogen-bond acceptors (Lipinski definition) is 9. The molecule has 0 radical (unpaired) electrons. The molecule has 0 atom stereocenters. The number of thioether (sulfide) groups is 1. The molecule has 37 heavy (non-hydrogen) atoms. The molecule has 6 rings (SSSR count). The number of nitrogens with one attached hydrogen (secondary N) is 1. The van der Waals surface area contributed by atoms with Gasteiger partial charge in [0.2, 0.25) is 0 Å². The topological polar surface area (TPSA) is 76.6 Å². The second-order valence-electron chi connectivity index (χ2n) is 8.77. The van der Waals surface area contributed by atoms with E-state index in [1.54, 1.807) is 23.1 Å². The van der Waals surface area contributed by atoms with Crippen LogP contribution in [0.1, 0.15) is 16.8 Å². The van der Waals surface area contributed by atoms with Crippen molar-refractivity contribution in [3.8, 4) is 5.75 Å². The summed E-state index contributed by atoms with van der Waals surface area (Å²) in [6.07, 6.45) is 2.91. The van der Waals surface area contributed by atoms with E-state index in [4.69, 9.17) is 14.5 Å². The molecule has 0 spiro atoms. The third-order valence-electron chi connectivity index (χ3n) is 6.36. The van der Waals surface area contributed by atoms with Crippen LogP contribution in [0.25, 0.3) is 31.2 Å². The highest BCUT2D eigenvalue weighted by molar-refractivity contribution is 8.00. The Hall–Kier alpha value is -2.76. The average molecular weight is 551 g/mol. The van der Waals surface area contributed by atoms with E-state index in [0.29, 0.717) is 23.1 Å². The van der Waals surface area contributed by atoms with Crippen LogP contribution in [0, 0.1) is 0 Å². The van der Waals surface area contributed by atoms with Crippen molar-refractivity contribution < 1.29 is 14.3 Å². The van der Waals surface area contributed by atoms with Crippen molar-refractivity contribution in [2.24, 2.45) is 0 Å². The van der Waals surface area contributed by atoms with E-state index in [2.05, 4.69) is 15.2 Å². The molecule has 0 unspecified atom stereocenters. The van der Waals surface area contributed by atoms with Crippen molar-refractivity contribution in [2.45, 2.75) is 10.8 Å². The lowest BCUT2D eigenvalue weighted by molar-refractivity contribution is 0.0358. The number of ether oxygens (including phenoxy) is 2. The fraction of sp³-hybridized carbons (Fsp3) is 0.296. The first-order valence-electron chi connectivity index (χ1n) is 12.2. The van der Waals surface area contributed by atoms with Crippen molar-refractivity contribution in [3.63, 3.8) is 0 Å². The molecule has 10 heteroatoms. The summed E-state index contributed by atoms with van der Waals surface area (Å²) in [5, 5.41) is 5.60. The fourth-order valence-corrected chi connectivity index (χ4v) is 6.98. The minimum Gasteiger partial charge on any atom is -0.493 e. The highest BCUT2D eigenvalue weighted by Gasteiger charge is 2.18. The van der Waals surface area contributed by atoms with Crippen LogP contribution >= 0.6 is 34.4 Å². The van der Waals surface area contributed by atoms with Crippen molar-refractivity contribution in [3.05, 3.63) is 54.1 Å². The summed E-state index contributed by atoms with van der Waals surface area (Å²) in [4.78, 5) is 25.3. The van der Waals surface area contributed by atoms with Crippen molar-refractivity contribution >= 4 is 76.7 Å². The Morgan fingerprint density at radius 3 is 2.73 bits per heavy atom. The van der Waals surface area contributed by atoms with Gasteiger partial charge in [0.1, 0.15) is 11.3 Å². The van der Waals surface area contributed by atoms with Gasteiger partial charge in [-0.05, 0) is 47.7 Å². The van der Waals surface area contributed by atoms with E-state index in [0.717, 1.165) is 74.8 Å². The van der Waals surface area contributed by atoms with Crippen LogP contribution in [0.15, 0.2) is 52.9 Å². The van der Waals surface area contributed by atoms with E-state index in [-0.39, 0.29) is 5.91 Å². The number of hydrogen-bond donors (Lipinski definition) is 1. The van der Waals surface area contributed by atoms with Gasteiger partial charge in [-0.25, -0.2) is 9.97 Å². The molecular formula is C27H26N4O3S3. The van der Waals surface area contributed by atoms with Crippen LogP contribution < -0.4 is 10.1 Å². The molecule has 1 aliphatic heterocycles. The van der Waals surface area contributed by atoms with Gasteiger partial charge in [-0.2, -0.15) is 0 Å². The second kappa shape index (κ2) is 10.9. The highest BCUT2D eigenvalue weighted by atomic mass is 32.2. The second-order valence-corrected chi connectivity index (χ2v) is 11.9. The Morgan fingerprint density at radius 2 is 1.92 bits per heavy atom. The van der Waals surface area contributed by atoms with Crippen molar-refractivity contribution in [1.82, 2.24) is 14.9 Å². The number of nitrogens with zero attached hydrogens (tertiary/aromatic N) is 3. The molecule has 190 valence electrons. The molecule has 5 aromatic rings. The number of thiazole rings is 2. The quantitative estimate of drug-likeness (QED) is 0.184. The van der Waals surface area contributed by atoms with E-state index >= 15 is 0 Å². The zero-order valence-corrected chi connectivity index (χ0v) is 22.8. The van der Waals surface area contributed by atoms with Crippen LogP contribution in [0.3, 0.4) is 0 Å². The molecule has 1 saturated heterocycles. The largest absolute Gasteiger partial charge is 0.493 e. The zero-order chi connectivity index (χ0) is 25.2. The smallest absolute Gasteiger partial charge is 0.261 e. The molecular weight excluding hydrogens is 525 g/mol. The standard InChI is InChI=1S/C27H26N4O3S3/c1-35-27-29-23-22(36-27)8-7-20-24(23)37-26(28-20)30-25(32)19-15-17-5-2-3-6-18(17)16-21(19)34-12-4-9-31-10-13-33-14-11-31/h2-3,5-8,15-16H,4,9-14H2,1H3,(H,28,30,32). The number of carbonyl (C=O) groups is 1. The maximum atomic E-state index is 13.5. The first-order chi connectivity index (χ1) is 18.2. The summed E-state index contributed by atoms with van der Waals surface area (Å²) in [5.74, 6) is 0.359. The Morgan fingerprint density at radius 1 is 1.11 bits per heavy atom. The van der Waals surface area contributed by atoms with Crippen molar-refractivity contribution in [1.29, 1.82) is 0 Å². The lowest BCUT2D eigenvalue weighted by Gasteiger charge is -2.26. The predicted octanol–water partition coefficient (Wildman–Crippen LogP) is 6.13. The number of carbonyl (C=O) groups excluding carboxylic acids is 1.